The van der Waals surface area contributed by atoms with Gasteiger partial charge in [-0.05, 0) is 36.8 Å². The Bertz CT molecular complexity index is 1120. The van der Waals surface area contributed by atoms with E-state index < -0.39 is 9.84 Å². The zero-order chi connectivity index (χ0) is 21.1. The molecule has 156 valence electrons. The first-order chi connectivity index (χ1) is 14.4. The highest BCUT2D eigenvalue weighted by atomic mass is 32.2. The molecule has 0 saturated carbocycles. The number of urea groups is 1. The SMILES string of the molecule is CC(NC(=O)Nc1ccc(S(=O)(=O)Cc2nc3c(s2)CNC3)cc1)c1ccccc1. The van der Waals surface area contributed by atoms with Crippen molar-refractivity contribution in [3.05, 3.63) is 75.7 Å². The molecule has 1 aliphatic rings. The Morgan fingerprint density at radius 2 is 1.87 bits per heavy atom. The molecule has 0 aliphatic carbocycles. The quantitative estimate of drug-likeness (QED) is 0.542. The number of aromatic nitrogens is 1. The number of rotatable bonds is 6. The molecule has 3 N–H and O–H groups in total. The van der Waals surface area contributed by atoms with E-state index in [1.807, 2.05) is 37.3 Å². The van der Waals surface area contributed by atoms with Crippen LogP contribution in [0.15, 0.2) is 59.5 Å². The van der Waals surface area contributed by atoms with Crippen molar-refractivity contribution in [3.8, 4) is 0 Å². The van der Waals surface area contributed by atoms with Crippen LogP contribution in [0.1, 0.15) is 34.1 Å². The molecule has 0 radical (unpaired) electrons. The zero-order valence-electron chi connectivity index (χ0n) is 16.4. The van der Waals surface area contributed by atoms with Crippen LogP contribution in [0, 0.1) is 0 Å². The molecule has 2 amide bonds. The van der Waals surface area contributed by atoms with Crippen LogP contribution < -0.4 is 16.0 Å². The Hall–Kier alpha value is -2.75. The number of carbonyl (C=O) groups excluding carboxylic acids is 1. The molecule has 7 nitrogen and oxygen atoms in total. The normalized spacial score (nSPS) is 14.2. The van der Waals surface area contributed by atoms with Gasteiger partial charge in [-0.25, -0.2) is 18.2 Å². The van der Waals surface area contributed by atoms with Gasteiger partial charge >= 0.3 is 6.03 Å². The summed E-state index contributed by atoms with van der Waals surface area (Å²) in [5.74, 6) is -0.119. The molecule has 9 heteroatoms. The summed E-state index contributed by atoms with van der Waals surface area (Å²) >= 11 is 1.44. The minimum absolute atomic E-state index is 0.119. The third-order valence-corrected chi connectivity index (χ3v) is 7.76. The average Bonchev–Trinajstić information content (AvgIpc) is 3.30. The lowest BCUT2D eigenvalue weighted by Gasteiger charge is -2.15. The number of benzene rings is 2. The maximum absolute atomic E-state index is 12.7. The third kappa shape index (κ3) is 4.69. The van der Waals surface area contributed by atoms with Gasteiger partial charge in [0.25, 0.3) is 0 Å². The van der Waals surface area contributed by atoms with Crippen molar-refractivity contribution in [2.24, 2.45) is 0 Å². The standard InChI is InChI=1S/C21H22N4O3S2/c1-14(15-5-3-2-4-6-15)23-21(26)24-16-7-9-17(10-8-16)30(27,28)13-20-25-18-11-22-12-19(18)29-20/h2-10,14,22H,11-13H2,1H3,(H2,23,24,26). The van der Waals surface area contributed by atoms with E-state index in [1.54, 1.807) is 12.1 Å². The highest BCUT2D eigenvalue weighted by Crippen LogP contribution is 2.26. The molecule has 1 aliphatic heterocycles. The summed E-state index contributed by atoms with van der Waals surface area (Å²) in [6.07, 6.45) is 0. The van der Waals surface area contributed by atoms with Crippen LogP contribution in [-0.4, -0.2) is 19.4 Å². The summed E-state index contributed by atoms with van der Waals surface area (Å²) in [7, 11) is -3.50. The van der Waals surface area contributed by atoms with Crippen LogP contribution in [-0.2, 0) is 28.7 Å². The fourth-order valence-corrected chi connectivity index (χ4v) is 5.91. The van der Waals surface area contributed by atoms with Gasteiger partial charge in [0.15, 0.2) is 9.84 Å². The Morgan fingerprint density at radius 3 is 2.57 bits per heavy atom. The number of hydrogen-bond donors (Lipinski definition) is 3. The van der Waals surface area contributed by atoms with Crippen molar-refractivity contribution in [1.29, 1.82) is 0 Å². The van der Waals surface area contributed by atoms with Gasteiger partial charge in [-0.1, -0.05) is 30.3 Å². The van der Waals surface area contributed by atoms with Gasteiger partial charge in [0, 0.05) is 23.7 Å². The molecule has 1 aromatic heterocycles. The highest BCUT2D eigenvalue weighted by molar-refractivity contribution is 7.90. The maximum atomic E-state index is 12.7. The minimum Gasteiger partial charge on any atom is -0.331 e. The fraction of sp³-hybridized carbons (Fsp3) is 0.238. The lowest BCUT2D eigenvalue weighted by Crippen LogP contribution is -2.31. The van der Waals surface area contributed by atoms with E-state index in [0.717, 1.165) is 22.7 Å². The van der Waals surface area contributed by atoms with Gasteiger partial charge in [0.1, 0.15) is 10.8 Å². The zero-order valence-corrected chi connectivity index (χ0v) is 18.0. The van der Waals surface area contributed by atoms with E-state index in [1.165, 1.54) is 23.5 Å². The second kappa shape index (κ2) is 8.55. The van der Waals surface area contributed by atoms with E-state index in [9.17, 15) is 13.2 Å². The first-order valence-corrected chi connectivity index (χ1v) is 12.0. The number of fused-ring (bicyclic) bond motifs is 1. The number of thiazole rings is 1. The molecule has 30 heavy (non-hydrogen) atoms. The molecule has 0 spiro atoms. The van der Waals surface area contributed by atoms with Crippen molar-refractivity contribution in [1.82, 2.24) is 15.6 Å². The van der Waals surface area contributed by atoms with E-state index in [4.69, 9.17) is 0 Å². The predicted octanol–water partition coefficient (Wildman–Crippen LogP) is 3.60. The second-order valence-corrected chi connectivity index (χ2v) is 10.3. The highest BCUT2D eigenvalue weighted by Gasteiger charge is 2.22. The van der Waals surface area contributed by atoms with Gasteiger partial charge in [-0.2, -0.15) is 0 Å². The van der Waals surface area contributed by atoms with Crippen molar-refractivity contribution in [2.45, 2.75) is 36.7 Å². The molecule has 1 atom stereocenters. The van der Waals surface area contributed by atoms with Gasteiger partial charge < -0.3 is 16.0 Å². The molecule has 3 aromatic rings. The Morgan fingerprint density at radius 1 is 1.13 bits per heavy atom. The van der Waals surface area contributed by atoms with E-state index >= 15 is 0 Å². The van der Waals surface area contributed by atoms with E-state index in [2.05, 4.69) is 20.9 Å². The van der Waals surface area contributed by atoms with Crippen LogP contribution in [0.5, 0.6) is 0 Å². The van der Waals surface area contributed by atoms with Gasteiger partial charge in [-0.3, -0.25) is 0 Å². The van der Waals surface area contributed by atoms with Crippen molar-refractivity contribution < 1.29 is 13.2 Å². The van der Waals surface area contributed by atoms with E-state index in [-0.39, 0.29) is 22.7 Å². The summed E-state index contributed by atoms with van der Waals surface area (Å²) in [5, 5.41) is 9.40. The Labute approximate surface area is 179 Å². The minimum atomic E-state index is -3.50. The summed E-state index contributed by atoms with van der Waals surface area (Å²) in [6.45, 7) is 3.34. The lowest BCUT2D eigenvalue weighted by atomic mass is 10.1. The smallest absolute Gasteiger partial charge is 0.319 e. The van der Waals surface area contributed by atoms with Crippen molar-refractivity contribution in [3.63, 3.8) is 0 Å². The summed E-state index contributed by atoms with van der Waals surface area (Å²) in [6, 6.07) is 15.3. The molecule has 2 heterocycles. The van der Waals surface area contributed by atoms with Crippen molar-refractivity contribution >= 4 is 32.9 Å². The maximum Gasteiger partial charge on any atom is 0.319 e. The van der Waals surface area contributed by atoms with Gasteiger partial charge in [0.05, 0.1) is 16.6 Å². The summed E-state index contributed by atoms with van der Waals surface area (Å²) in [5.41, 5.74) is 2.46. The number of anilines is 1. The molecule has 0 bridgehead atoms. The monoisotopic (exact) mass is 442 g/mol. The van der Waals surface area contributed by atoms with Crippen LogP contribution >= 0.6 is 11.3 Å². The predicted molar refractivity (Wildman–Crippen MR) is 117 cm³/mol. The largest absolute Gasteiger partial charge is 0.331 e. The molecule has 0 saturated heterocycles. The number of amides is 2. The molecule has 1 unspecified atom stereocenters. The Balaban J connectivity index is 1.37. The number of hydrogen-bond acceptors (Lipinski definition) is 6. The number of nitrogens with one attached hydrogen (secondary N) is 3. The van der Waals surface area contributed by atoms with Gasteiger partial charge in [-0.15, -0.1) is 11.3 Å². The van der Waals surface area contributed by atoms with Crippen LogP contribution in [0.2, 0.25) is 0 Å². The van der Waals surface area contributed by atoms with Crippen molar-refractivity contribution in [2.75, 3.05) is 5.32 Å². The summed E-state index contributed by atoms with van der Waals surface area (Å²) in [4.78, 5) is 18.0. The summed E-state index contributed by atoms with van der Waals surface area (Å²) < 4.78 is 25.4. The molecule has 4 rings (SSSR count). The van der Waals surface area contributed by atoms with Crippen LogP contribution in [0.4, 0.5) is 10.5 Å². The molecular weight excluding hydrogens is 420 g/mol. The molecular formula is C21H22N4O3S2. The van der Waals surface area contributed by atoms with Gasteiger partial charge in [0.2, 0.25) is 0 Å². The van der Waals surface area contributed by atoms with E-state index in [0.29, 0.717) is 17.2 Å². The Kier molecular flexibility index (Phi) is 5.85. The lowest BCUT2D eigenvalue weighted by molar-refractivity contribution is 0.249. The topological polar surface area (TPSA) is 100 Å². The fourth-order valence-electron chi connectivity index (χ4n) is 3.25. The third-order valence-electron chi connectivity index (χ3n) is 4.83. The number of nitrogens with zero attached hydrogens (tertiary/aromatic N) is 1. The second-order valence-electron chi connectivity index (χ2n) is 7.10. The first kappa shape index (κ1) is 20.5. The molecule has 2 aromatic carbocycles. The number of sulfone groups is 1. The van der Waals surface area contributed by atoms with Crippen LogP contribution in [0.3, 0.4) is 0 Å². The first-order valence-electron chi connectivity index (χ1n) is 9.54. The molecule has 0 fully saturated rings. The average molecular weight is 443 g/mol. The number of carbonyl (C=O) groups is 1. The van der Waals surface area contributed by atoms with Crippen LogP contribution in [0.25, 0.3) is 0 Å².